The molecule has 0 unspecified atom stereocenters. The molecule has 2 N–H and O–H groups in total. The normalized spacial score (nSPS) is 9.50. The summed E-state index contributed by atoms with van der Waals surface area (Å²) in [5, 5.41) is 11.5. The fourth-order valence-electron chi connectivity index (χ4n) is 1.50. The highest BCUT2D eigenvalue weighted by Gasteiger charge is 2.11. The summed E-state index contributed by atoms with van der Waals surface area (Å²) in [6.45, 7) is 0. The molecule has 1 aromatic carbocycles. The number of carboxylic acid groups (broad SMARTS) is 1. The molecule has 0 atom stereocenters. The third-order valence-electron chi connectivity index (χ3n) is 2.41. The van der Waals surface area contributed by atoms with E-state index in [1.54, 1.807) is 18.2 Å². The van der Waals surface area contributed by atoms with Crippen molar-refractivity contribution in [2.24, 2.45) is 0 Å². The lowest BCUT2D eigenvalue weighted by atomic mass is 10.1. The Morgan fingerprint density at radius 2 is 2.00 bits per heavy atom. The minimum Gasteiger partial charge on any atom is -0.478 e. The van der Waals surface area contributed by atoms with E-state index < -0.39 is 5.97 Å². The van der Waals surface area contributed by atoms with E-state index in [0.717, 1.165) is 6.42 Å². The molecule has 0 fully saturated rings. The Labute approximate surface area is 106 Å². The van der Waals surface area contributed by atoms with Gasteiger partial charge in [0.15, 0.2) is 0 Å². The third-order valence-corrected chi connectivity index (χ3v) is 2.41. The van der Waals surface area contributed by atoms with Crippen molar-refractivity contribution in [1.82, 2.24) is 0 Å². The summed E-state index contributed by atoms with van der Waals surface area (Å²) in [6.07, 6.45) is 7.60. The third kappa shape index (κ3) is 4.30. The van der Waals surface area contributed by atoms with E-state index >= 15 is 0 Å². The first-order valence-corrected chi connectivity index (χ1v) is 5.70. The summed E-state index contributed by atoms with van der Waals surface area (Å²) in [7, 11) is 0. The summed E-state index contributed by atoms with van der Waals surface area (Å²) in [5.41, 5.74) is 0.418. The number of aromatic carboxylic acids is 1. The maximum Gasteiger partial charge on any atom is 0.337 e. The summed E-state index contributed by atoms with van der Waals surface area (Å²) >= 11 is 0. The number of anilines is 1. The number of carbonyl (C=O) groups is 2. The van der Waals surface area contributed by atoms with E-state index in [-0.39, 0.29) is 11.5 Å². The van der Waals surface area contributed by atoms with Gasteiger partial charge in [0.1, 0.15) is 0 Å². The predicted molar refractivity (Wildman–Crippen MR) is 69.3 cm³/mol. The summed E-state index contributed by atoms with van der Waals surface area (Å²) in [5.74, 6) is 1.25. The van der Waals surface area contributed by atoms with Gasteiger partial charge >= 0.3 is 5.97 Å². The molecule has 0 aromatic heterocycles. The van der Waals surface area contributed by atoms with Crippen LogP contribution in [0.25, 0.3) is 0 Å². The van der Waals surface area contributed by atoms with Gasteiger partial charge in [-0.25, -0.2) is 4.79 Å². The quantitative estimate of drug-likeness (QED) is 0.597. The van der Waals surface area contributed by atoms with Gasteiger partial charge in [-0.05, 0) is 25.0 Å². The number of nitrogens with one attached hydrogen (secondary N) is 1. The van der Waals surface area contributed by atoms with Crippen LogP contribution in [0, 0.1) is 12.3 Å². The molecule has 0 bridgehead atoms. The number of rotatable bonds is 6. The first-order valence-electron chi connectivity index (χ1n) is 5.70. The number of unbranched alkanes of at least 4 members (excludes halogenated alkanes) is 2. The molecule has 4 nitrogen and oxygen atoms in total. The van der Waals surface area contributed by atoms with Crippen molar-refractivity contribution >= 4 is 17.6 Å². The maximum atomic E-state index is 11.6. The predicted octanol–water partition coefficient (Wildman–Crippen LogP) is 2.52. The van der Waals surface area contributed by atoms with Gasteiger partial charge in [-0.15, -0.1) is 12.3 Å². The first-order chi connectivity index (χ1) is 8.65. The molecular formula is C14H15NO3. The number of para-hydroxylation sites is 1. The van der Waals surface area contributed by atoms with Gasteiger partial charge in [0.25, 0.3) is 0 Å². The van der Waals surface area contributed by atoms with Crippen LogP contribution < -0.4 is 5.32 Å². The number of hydrogen-bond donors (Lipinski definition) is 2. The molecule has 94 valence electrons. The van der Waals surface area contributed by atoms with Crippen molar-refractivity contribution < 1.29 is 14.7 Å². The Morgan fingerprint density at radius 3 is 2.67 bits per heavy atom. The number of terminal acetylenes is 1. The lowest BCUT2D eigenvalue weighted by molar-refractivity contribution is -0.116. The van der Waals surface area contributed by atoms with Crippen LogP contribution in [0.1, 0.15) is 36.0 Å². The molecule has 1 amide bonds. The van der Waals surface area contributed by atoms with Gasteiger partial charge in [0.05, 0.1) is 11.3 Å². The fraction of sp³-hybridized carbons (Fsp3) is 0.286. The van der Waals surface area contributed by atoms with Crippen molar-refractivity contribution in [1.29, 1.82) is 0 Å². The van der Waals surface area contributed by atoms with Crippen LogP contribution in [-0.4, -0.2) is 17.0 Å². The molecule has 0 aliphatic rings. The zero-order chi connectivity index (χ0) is 13.4. The molecule has 1 aromatic rings. The Morgan fingerprint density at radius 1 is 1.28 bits per heavy atom. The molecule has 0 heterocycles. The molecule has 4 heteroatoms. The smallest absolute Gasteiger partial charge is 0.337 e. The fourth-order valence-corrected chi connectivity index (χ4v) is 1.50. The van der Waals surface area contributed by atoms with E-state index in [4.69, 9.17) is 11.5 Å². The van der Waals surface area contributed by atoms with Crippen LogP contribution in [0.15, 0.2) is 24.3 Å². The van der Waals surface area contributed by atoms with E-state index in [0.29, 0.717) is 24.9 Å². The van der Waals surface area contributed by atoms with Crippen molar-refractivity contribution in [3.05, 3.63) is 29.8 Å². The molecule has 18 heavy (non-hydrogen) atoms. The molecule has 0 saturated heterocycles. The van der Waals surface area contributed by atoms with Crippen LogP contribution in [0.2, 0.25) is 0 Å². The average Bonchev–Trinajstić information content (AvgIpc) is 2.35. The summed E-state index contributed by atoms with van der Waals surface area (Å²) in [6, 6.07) is 6.32. The standard InChI is InChI=1S/C14H15NO3/c1-2-3-4-5-10-13(16)15-12-9-7-6-8-11(12)14(17)18/h1,6-9H,3-5,10H2,(H,15,16)(H,17,18). The Kier molecular flexibility index (Phi) is 5.46. The lowest BCUT2D eigenvalue weighted by Crippen LogP contribution is -2.14. The zero-order valence-corrected chi connectivity index (χ0v) is 9.98. The number of hydrogen-bond acceptors (Lipinski definition) is 2. The van der Waals surface area contributed by atoms with Gasteiger partial charge in [-0.2, -0.15) is 0 Å². The van der Waals surface area contributed by atoms with Crippen LogP contribution in [0.5, 0.6) is 0 Å². The highest BCUT2D eigenvalue weighted by atomic mass is 16.4. The van der Waals surface area contributed by atoms with Crippen molar-refractivity contribution in [2.75, 3.05) is 5.32 Å². The molecular weight excluding hydrogens is 230 g/mol. The van der Waals surface area contributed by atoms with Crippen LogP contribution in [0.3, 0.4) is 0 Å². The summed E-state index contributed by atoms with van der Waals surface area (Å²) in [4.78, 5) is 22.5. The van der Waals surface area contributed by atoms with Crippen molar-refractivity contribution in [3.63, 3.8) is 0 Å². The first kappa shape index (κ1) is 13.8. The minimum atomic E-state index is -1.06. The van der Waals surface area contributed by atoms with Crippen LogP contribution in [-0.2, 0) is 4.79 Å². The maximum absolute atomic E-state index is 11.6. The van der Waals surface area contributed by atoms with Gasteiger partial charge in [-0.3, -0.25) is 4.79 Å². The minimum absolute atomic E-state index is 0.0921. The average molecular weight is 245 g/mol. The van der Waals surface area contributed by atoms with E-state index in [9.17, 15) is 9.59 Å². The second kappa shape index (κ2) is 7.13. The number of carbonyl (C=O) groups excluding carboxylic acids is 1. The molecule has 1 rings (SSSR count). The number of carboxylic acids is 1. The van der Waals surface area contributed by atoms with Crippen molar-refractivity contribution in [3.8, 4) is 12.3 Å². The number of amides is 1. The lowest BCUT2D eigenvalue weighted by Gasteiger charge is -2.07. The second-order valence-electron chi connectivity index (χ2n) is 3.81. The topological polar surface area (TPSA) is 66.4 Å². The highest BCUT2D eigenvalue weighted by Crippen LogP contribution is 2.15. The van der Waals surface area contributed by atoms with Crippen molar-refractivity contribution in [2.45, 2.75) is 25.7 Å². The Hall–Kier alpha value is -2.28. The molecule has 0 radical (unpaired) electrons. The largest absolute Gasteiger partial charge is 0.478 e. The van der Waals surface area contributed by atoms with E-state index in [2.05, 4.69) is 11.2 Å². The molecule has 0 aliphatic carbocycles. The van der Waals surface area contributed by atoms with Gasteiger partial charge < -0.3 is 10.4 Å². The zero-order valence-electron chi connectivity index (χ0n) is 9.98. The van der Waals surface area contributed by atoms with Crippen LogP contribution in [0.4, 0.5) is 5.69 Å². The van der Waals surface area contributed by atoms with Gasteiger partial charge in [0, 0.05) is 12.8 Å². The Bertz CT molecular complexity index is 474. The van der Waals surface area contributed by atoms with E-state index in [1.807, 2.05) is 0 Å². The van der Waals surface area contributed by atoms with Crippen LogP contribution >= 0.6 is 0 Å². The van der Waals surface area contributed by atoms with Gasteiger partial charge in [0.2, 0.25) is 5.91 Å². The number of benzene rings is 1. The summed E-state index contributed by atoms with van der Waals surface area (Å²) < 4.78 is 0. The Balaban J connectivity index is 2.54. The molecule has 0 saturated carbocycles. The highest BCUT2D eigenvalue weighted by molar-refractivity contribution is 6.00. The molecule has 0 aliphatic heterocycles. The second-order valence-corrected chi connectivity index (χ2v) is 3.81. The van der Waals surface area contributed by atoms with E-state index in [1.165, 1.54) is 6.07 Å². The molecule has 0 spiro atoms. The SMILES string of the molecule is C#CCCCCC(=O)Nc1ccccc1C(=O)O. The van der Waals surface area contributed by atoms with Gasteiger partial charge in [-0.1, -0.05) is 12.1 Å². The monoisotopic (exact) mass is 245 g/mol.